The first-order valence-electron chi connectivity index (χ1n) is 7.85. The molecule has 0 aliphatic heterocycles. The van der Waals surface area contributed by atoms with Gasteiger partial charge in [0.2, 0.25) is 0 Å². The molecule has 130 valence electrons. The third-order valence-electron chi connectivity index (χ3n) is 3.68. The van der Waals surface area contributed by atoms with Gasteiger partial charge in [0.05, 0.1) is 0 Å². The van der Waals surface area contributed by atoms with Gasteiger partial charge >= 0.3 is 0 Å². The number of nitrogens with zero attached hydrogens (tertiary/aromatic N) is 2. The van der Waals surface area contributed by atoms with Gasteiger partial charge in [0.1, 0.15) is 0 Å². The molecule has 2 aromatic carbocycles. The number of anilines is 1. The molecule has 2 rings (SSSR count). The summed E-state index contributed by atoms with van der Waals surface area (Å²) >= 11 is 0. The summed E-state index contributed by atoms with van der Waals surface area (Å²) in [6, 6.07) is 17.0. The van der Waals surface area contributed by atoms with Gasteiger partial charge in [0.15, 0.2) is 5.96 Å². The van der Waals surface area contributed by atoms with Crippen molar-refractivity contribution in [3.8, 4) is 0 Å². The van der Waals surface area contributed by atoms with E-state index in [2.05, 4.69) is 76.0 Å². The third kappa shape index (κ3) is 6.39. The Balaban J connectivity index is 0.00000288. The van der Waals surface area contributed by atoms with Crippen LogP contribution in [0.4, 0.5) is 5.69 Å². The van der Waals surface area contributed by atoms with Crippen molar-refractivity contribution in [1.29, 1.82) is 0 Å². The fourth-order valence-electron chi connectivity index (χ4n) is 2.33. The topological polar surface area (TPSA) is 39.7 Å². The zero-order valence-corrected chi connectivity index (χ0v) is 17.2. The lowest BCUT2D eigenvalue weighted by Crippen LogP contribution is -2.36. The van der Waals surface area contributed by atoms with E-state index in [-0.39, 0.29) is 24.0 Å². The van der Waals surface area contributed by atoms with Crippen molar-refractivity contribution < 1.29 is 0 Å². The van der Waals surface area contributed by atoms with Crippen LogP contribution in [-0.4, -0.2) is 27.1 Å². The van der Waals surface area contributed by atoms with Crippen LogP contribution >= 0.6 is 24.0 Å². The predicted octanol–water partition coefficient (Wildman–Crippen LogP) is 3.54. The SMILES string of the molecule is CN=C(NCc1ccc(N(C)C)cc1)NCc1cccc(C)c1.I. The summed E-state index contributed by atoms with van der Waals surface area (Å²) < 4.78 is 0. The first-order chi connectivity index (χ1) is 11.1. The molecule has 2 N–H and O–H groups in total. The zero-order chi connectivity index (χ0) is 16.7. The van der Waals surface area contributed by atoms with Gasteiger partial charge in [-0.1, -0.05) is 42.0 Å². The van der Waals surface area contributed by atoms with Crippen LogP contribution in [0, 0.1) is 6.92 Å². The predicted molar refractivity (Wildman–Crippen MR) is 114 cm³/mol. The molecule has 4 nitrogen and oxygen atoms in total. The Labute approximate surface area is 162 Å². The van der Waals surface area contributed by atoms with E-state index in [1.807, 2.05) is 14.1 Å². The van der Waals surface area contributed by atoms with Crippen molar-refractivity contribution in [3.63, 3.8) is 0 Å². The van der Waals surface area contributed by atoms with E-state index in [9.17, 15) is 0 Å². The average Bonchev–Trinajstić information content (AvgIpc) is 2.55. The van der Waals surface area contributed by atoms with Crippen LogP contribution in [0.3, 0.4) is 0 Å². The molecule has 0 aliphatic carbocycles. The standard InChI is InChI=1S/C19H26N4.HI/c1-15-6-5-7-17(12-15)14-22-19(20-2)21-13-16-8-10-18(11-9-16)23(3)4;/h5-12H,13-14H2,1-4H3,(H2,20,21,22);1H. The Hall–Kier alpha value is -1.76. The van der Waals surface area contributed by atoms with E-state index >= 15 is 0 Å². The van der Waals surface area contributed by atoms with Gasteiger partial charge in [-0.25, -0.2) is 0 Å². The normalized spacial score (nSPS) is 10.8. The van der Waals surface area contributed by atoms with Crippen LogP contribution in [0.25, 0.3) is 0 Å². The minimum absolute atomic E-state index is 0. The lowest BCUT2D eigenvalue weighted by atomic mass is 10.1. The average molecular weight is 438 g/mol. The molecule has 0 aliphatic rings. The lowest BCUT2D eigenvalue weighted by molar-refractivity contribution is 0.808. The van der Waals surface area contributed by atoms with E-state index in [4.69, 9.17) is 0 Å². The number of aliphatic imine (C=N–C) groups is 1. The van der Waals surface area contributed by atoms with Crippen molar-refractivity contribution in [2.75, 3.05) is 26.0 Å². The van der Waals surface area contributed by atoms with Crippen LogP contribution in [0.2, 0.25) is 0 Å². The Kier molecular flexibility index (Phi) is 8.60. The maximum Gasteiger partial charge on any atom is 0.191 e. The fraction of sp³-hybridized carbons (Fsp3) is 0.316. The second-order valence-corrected chi connectivity index (χ2v) is 5.83. The molecule has 0 spiro atoms. The van der Waals surface area contributed by atoms with Crippen LogP contribution in [-0.2, 0) is 13.1 Å². The number of guanidine groups is 1. The van der Waals surface area contributed by atoms with Gasteiger partial charge in [0, 0.05) is 39.9 Å². The highest BCUT2D eigenvalue weighted by Crippen LogP contribution is 2.11. The maximum absolute atomic E-state index is 4.27. The van der Waals surface area contributed by atoms with Gasteiger partial charge in [0.25, 0.3) is 0 Å². The molecule has 0 radical (unpaired) electrons. The van der Waals surface area contributed by atoms with Gasteiger partial charge in [-0.05, 0) is 30.2 Å². The highest BCUT2D eigenvalue weighted by molar-refractivity contribution is 14.0. The zero-order valence-electron chi connectivity index (χ0n) is 14.8. The molecular weight excluding hydrogens is 411 g/mol. The summed E-state index contributed by atoms with van der Waals surface area (Å²) in [5, 5.41) is 6.69. The van der Waals surface area contributed by atoms with Crippen molar-refractivity contribution in [1.82, 2.24) is 10.6 Å². The lowest BCUT2D eigenvalue weighted by Gasteiger charge is -2.14. The number of aryl methyl sites for hydroxylation is 1. The molecule has 0 heterocycles. The number of nitrogens with one attached hydrogen (secondary N) is 2. The number of hydrogen-bond acceptors (Lipinski definition) is 2. The van der Waals surface area contributed by atoms with Crippen molar-refractivity contribution in [2.24, 2.45) is 4.99 Å². The first-order valence-corrected chi connectivity index (χ1v) is 7.85. The summed E-state index contributed by atoms with van der Waals surface area (Å²) in [7, 11) is 5.88. The molecule has 0 amide bonds. The molecule has 0 saturated heterocycles. The van der Waals surface area contributed by atoms with Crippen molar-refractivity contribution in [2.45, 2.75) is 20.0 Å². The Morgan fingerprint density at radius 1 is 0.958 bits per heavy atom. The third-order valence-corrected chi connectivity index (χ3v) is 3.68. The van der Waals surface area contributed by atoms with E-state index in [1.54, 1.807) is 7.05 Å². The monoisotopic (exact) mass is 438 g/mol. The maximum atomic E-state index is 4.27. The van der Waals surface area contributed by atoms with Gasteiger partial charge in [-0.3, -0.25) is 4.99 Å². The highest BCUT2D eigenvalue weighted by Gasteiger charge is 2.00. The molecule has 0 saturated carbocycles. The summed E-state index contributed by atoms with van der Waals surface area (Å²) in [6.07, 6.45) is 0. The summed E-state index contributed by atoms with van der Waals surface area (Å²) in [5.74, 6) is 0.809. The minimum atomic E-state index is 0. The molecule has 5 heteroatoms. The van der Waals surface area contributed by atoms with Crippen LogP contribution in [0.5, 0.6) is 0 Å². The minimum Gasteiger partial charge on any atom is -0.378 e. The van der Waals surface area contributed by atoms with Crippen molar-refractivity contribution in [3.05, 3.63) is 65.2 Å². The second-order valence-electron chi connectivity index (χ2n) is 5.83. The Morgan fingerprint density at radius 3 is 2.12 bits per heavy atom. The fourth-order valence-corrected chi connectivity index (χ4v) is 2.33. The second kappa shape index (κ2) is 10.2. The van der Waals surface area contributed by atoms with E-state index in [0.717, 1.165) is 19.0 Å². The van der Waals surface area contributed by atoms with Gasteiger partial charge in [-0.2, -0.15) is 0 Å². The quantitative estimate of drug-likeness (QED) is 0.426. The summed E-state index contributed by atoms with van der Waals surface area (Å²) in [5.41, 5.74) is 4.96. The molecule has 0 aromatic heterocycles. The van der Waals surface area contributed by atoms with Crippen LogP contribution in [0.15, 0.2) is 53.5 Å². The Morgan fingerprint density at radius 2 is 1.58 bits per heavy atom. The number of rotatable bonds is 5. The van der Waals surface area contributed by atoms with E-state index < -0.39 is 0 Å². The molecule has 0 bridgehead atoms. The highest BCUT2D eigenvalue weighted by atomic mass is 127. The molecule has 24 heavy (non-hydrogen) atoms. The largest absolute Gasteiger partial charge is 0.378 e. The van der Waals surface area contributed by atoms with E-state index in [1.165, 1.54) is 22.4 Å². The summed E-state index contributed by atoms with van der Waals surface area (Å²) in [4.78, 5) is 6.37. The first kappa shape index (κ1) is 20.3. The van der Waals surface area contributed by atoms with Crippen LogP contribution < -0.4 is 15.5 Å². The van der Waals surface area contributed by atoms with E-state index in [0.29, 0.717) is 0 Å². The smallest absolute Gasteiger partial charge is 0.191 e. The molecule has 0 fully saturated rings. The molecule has 2 aromatic rings. The number of hydrogen-bond donors (Lipinski definition) is 2. The molecule has 0 atom stereocenters. The molecule has 0 unspecified atom stereocenters. The van der Waals surface area contributed by atoms with Gasteiger partial charge < -0.3 is 15.5 Å². The number of benzene rings is 2. The van der Waals surface area contributed by atoms with Crippen LogP contribution in [0.1, 0.15) is 16.7 Å². The Bertz CT molecular complexity index is 651. The molecular formula is C19H27IN4. The summed E-state index contributed by atoms with van der Waals surface area (Å²) in [6.45, 7) is 3.62. The number of halogens is 1. The van der Waals surface area contributed by atoms with Gasteiger partial charge in [-0.15, -0.1) is 24.0 Å². The van der Waals surface area contributed by atoms with Crippen molar-refractivity contribution >= 4 is 35.6 Å².